The van der Waals surface area contributed by atoms with Gasteiger partial charge >= 0.3 is 12.1 Å². The zero-order valence-electron chi connectivity index (χ0n) is 20.7. The molecule has 0 spiro atoms. The summed E-state index contributed by atoms with van der Waals surface area (Å²) in [6.07, 6.45) is 6.53. The van der Waals surface area contributed by atoms with E-state index in [0.717, 1.165) is 13.0 Å². The van der Waals surface area contributed by atoms with E-state index in [2.05, 4.69) is 10.3 Å². The van der Waals surface area contributed by atoms with Crippen molar-refractivity contribution in [2.75, 3.05) is 13.2 Å². The van der Waals surface area contributed by atoms with Crippen molar-refractivity contribution in [1.29, 1.82) is 0 Å². The van der Waals surface area contributed by atoms with Crippen molar-refractivity contribution in [1.82, 2.24) is 14.9 Å². The number of imidazole rings is 1. The molecule has 0 saturated heterocycles. The minimum absolute atomic E-state index is 0.104. The molecule has 188 valence electrons. The van der Waals surface area contributed by atoms with Crippen molar-refractivity contribution in [2.45, 2.75) is 71.8 Å². The molecule has 1 amide bonds. The number of nitrogens with one attached hydrogen (secondary N) is 1. The third-order valence-corrected chi connectivity index (χ3v) is 4.17. The molecule has 0 aliphatic rings. The molecule has 0 radical (unpaired) electrons. The molecule has 3 N–H and O–H groups in total. The Morgan fingerprint density at radius 2 is 1.85 bits per heavy atom. The van der Waals surface area contributed by atoms with Crippen LogP contribution < -0.4 is 20.5 Å². The minimum atomic E-state index is -1.05. The lowest BCUT2D eigenvalue weighted by molar-refractivity contribution is -0.696. The highest BCUT2D eigenvalue weighted by atomic mass is 16.7. The number of alkyl carbamates (subject to hydrolysis) is 1. The van der Waals surface area contributed by atoms with Crippen LogP contribution in [0.3, 0.4) is 0 Å². The molecule has 0 saturated carbocycles. The Bertz CT molecular complexity index is 931. The zero-order valence-corrected chi connectivity index (χ0v) is 20.7. The van der Waals surface area contributed by atoms with Crippen molar-refractivity contribution in [2.24, 2.45) is 5.90 Å². The molecular weight excluding hydrogens is 442 g/mol. The molecule has 0 bridgehead atoms. The van der Waals surface area contributed by atoms with Crippen molar-refractivity contribution in [3.63, 3.8) is 0 Å². The number of ether oxygens (including phenoxy) is 3. The summed E-state index contributed by atoms with van der Waals surface area (Å²) in [5, 5.41) is 2.74. The lowest BCUT2D eigenvalue weighted by Crippen LogP contribution is -2.38. The number of hydrogen-bond acceptors (Lipinski definition) is 8. The summed E-state index contributed by atoms with van der Waals surface area (Å²) < 4.78 is 19.9. The molecule has 0 aliphatic heterocycles. The topological polar surface area (TPSA) is 131 Å². The Kier molecular flexibility index (Phi) is 9.39. The quantitative estimate of drug-likeness (QED) is 0.230. The summed E-state index contributed by atoms with van der Waals surface area (Å²) in [5.74, 6) is 5.77. The van der Waals surface area contributed by atoms with Gasteiger partial charge < -0.3 is 19.5 Å². The van der Waals surface area contributed by atoms with Gasteiger partial charge in [0.05, 0.1) is 12.7 Å². The van der Waals surface area contributed by atoms with Crippen LogP contribution in [0.5, 0.6) is 5.75 Å². The van der Waals surface area contributed by atoms with E-state index in [9.17, 15) is 9.59 Å². The summed E-state index contributed by atoms with van der Waals surface area (Å²) in [7, 11) is 0. The SMILES string of the molecule is CC(C)(C)OC(=O)NCCC[n+]1ccn(-c2ccc(OC[C@H](ON)C(=O)OC(C)(C)C)cn2)c1. The number of carbonyl (C=O) groups excluding carboxylic acids is 2. The minimum Gasteiger partial charge on any atom is -0.489 e. The van der Waals surface area contributed by atoms with E-state index in [-0.39, 0.29) is 6.61 Å². The second-order valence-corrected chi connectivity index (χ2v) is 9.66. The number of aromatic nitrogens is 3. The summed E-state index contributed by atoms with van der Waals surface area (Å²) in [6, 6.07) is 3.52. The predicted octanol–water partition coefficient (Wildman–Crippen LogP) is 2.05. The van der Waals surface area contributed by atoms with Gasteiger partial charge in [-0.1, -0.05) is 0 Å². The Morgan fingerprint density at radius 1 is 1.15 bits per heavy atom. The van der Waals surface area contributed by atoms with Crippen LogP contribution in [-0.2, 0) is 25.7 Å². The fourth-order valence-corrected chi connectivity index (χ4v) is 2.74. The van der Waals surface area contributed by atoms with E-state index >= 15 is 0 Å². The number of nitrogens with zero attached hydrogens (tertiary/aromatic N) is 3. The highest BCUT2D eigenvalue weighted by Crippen LogP contribution is 2.14. The summed E-state index contributed by atoms with van der Waals surface area (Å²) in [5.41, 5.74) is -1.17. The number of nitrogens with two attached hydrogens (primary N) is 1. The van der Waals surface area contributed by atoms with Gasteiger partial charge in [-0.25, -0.2) is 25.0 Å². The van der Waals surface area contributed by atoms with Crippen molar-refractivity contribution < 1.29 is 33.2 Å². The molecule has 11 heteroatoms. The van der Waals surface area contributed by atoms with Gasteiger partial charge in [-0.3, -0.25) is 4.84 Å². The van der Waals surface area contributed by atoms with E-state index in [4.69, 9.17) is 24.9 Å². The van der Waals surface area contributed by atoms with Gasteiger partial charge in [-0.2, -0.15) is 4.57 Å². The average molecular weight is 479 g/mol. The van der Waals surface area contributed by atoms with Crippen molar-refractivity contribution in [3.05, 3.63) is 37.1 Å². The smallest absolute Gasteiger partial charge is 0.407 e. The Hall–Kier alpha value is -3.18. The lowest BCUT2D eigenvalue weighted by atomic mass is 10.2. The van der Waals surface area contributed by atoms with E-state index in [1.165, 1.54) is 0 Å². The van der Waals surface area contributed by atoms with E-state index < -0.39 is 29.4 Å². The van der Waals surface area contributed by atoms with Crippen LogP contribution in [0.25, 0.3) is 5.82 Å². The third kappa shape index (κ3) is 9.75. The monoisotopic (exact) mass is 478 g/mol. The zero-order chi connectivity index (χ0) is 25.4. The maximum atomic E-state index is 12.1. The van der Waals surface area contributed by atoms with E-state index in [0.29, 0.717) is 18.1 Å². The Morgan fingerprint density at radius 3 is 2.44 bits per heavy atom. The van der Waals surface area contributed by atoms with Gasteiger partial charge in [-0.05, 0) is 47.6 Å². The number of hydrogen-bond donors (Lipinski definition) is 2. The largest absolute Gasteiger partial charge is 0.489 e. The van der Waals surface area contributed by atoms with Gasteiger partial charge in [0.15, 0.2) is 0 Å². The maximum Gasteiger partial charge on any atom is 0.407 e. The standard InChI is InChI=1S/C23H35N5O6/c1-22(2,3)32-20(29)18(34-24)15-31-17-8-9-19(26-14-17)28-13-12-27(16-28)11-7-10-25-21(30)33-23(4,5)6/h8-9,12-14,16,18H,7,10-11,15,24H2,1-6H3/p+1/t18-/m0/s1. The van der Waals surface area contributed by atoms with Gasteiger partial charge in [0.1, 0.15) is 36.0 Å². The molecule has 34 heavy (non-hydrogen) atoms. The predicted molar refractivity (Wildman–Crippen MR) is 123 cm³/mol. The first kappa shape index (κ1) is 27.1. The molecule has 2 rings (SSSR count). The van der Waals surface area contributed by atoms with Crippen LogP contribution in [0.2, 0.25) is 0 Å². The van der Waals surface area contributed by atoms with Crippen molar-refractivity contribution >= 4 is 12.1 Å². The van der Waals surface area contributed by atoms with Crippen LogP contribution in [0.15, 0.2) is 37.1 Å². The number of esters is 1. The fraction of sp³-hybridized carbons (Fsp3) is 0.565. The third-order valence-electron chi connectivity index (χ3n) is 4.17. The number of pyridine rings is 1. The second kappa shape index (κ2) is 11.8. The second-order valence-electron chi connectivity index (χ2n) is 9.66. The normalized spacial score (nSPS) is 12.7. The first-order chi connectivity index (χ1) is 15.9. The molecule has 11 nitrogen and oxygen atoms in total. The van der Waals surface area contributed by atoms with Crippen LogP contribution in [0.1, 0.15) is 48.0 Å². The van der Waals surface area contributed by atoms with E-state index in [1.807, 2.05) is 48.6 Å². The molecule has 0 unspecified atom stereocenters. The Labute approximate surface area is 200 Å². The molecule has 0 aliphatic carbocycles. The van der Waals surface area contributed by atoms with Crippen LogP contribution in [0.4, 0.5) is 4.79 Å². The highest BCUT2D eigenvalue weighted by molar-refractivity contribution is 5.75. The molecule has 0 aromatic carbocycles. The molecule has 2 heterocycles. The number of carbonyl (C=O) groups is 2. The van der Waals surface area contributed by atoms with Gasteiger partial charge in [0.2, 0.25) is 18.2 Å². The average Bonchev–Trinajstić information content (AvgIpc) is 3.18. The lowest BCUT2D eigenvalue weighted by Gasteiger charge is -2.22. The molecule has 0 fully saturated rings. The molecule has 2 aromatic rings. The first-order valence-corrected chi connectivity index (χ1v) is 11.1. The number of rotatable bonds is 10. The van der Waals surface area contributed by atoms with E-state index in [1.54, 1.807) is 39.1 Å². The first-order valence-electron chi connectivity index (χ1n) is 11.1. The summed E-state index contributed by atoms with van der Waals surface area (Å²) in [4.78, 5) is 32.8. The van der Waals surface area contributed by atoms with Gasteiger partial charge in [0.25, 0.3) is 0 Å². The Balaban J connectivity index is 1.81. The number of aryl methyl sites for hydroxylation is 1. The maximum absolute atomic E-state index is 12.1. The van der Waals surface area contributed by atoms with Crippen LogP contribution in [0, 0.1) is 0 Å². The molecular formula is C23H36N5O6+. The molecule has 1 atom stereocenters. The number of amides is 1. The molecule has 2 aromatic heterocycles. The fourth-order valence-electron chi connectivity index (χ4n) is 2.74. The van der Waals surface area contributed by atoms with Crippen LogP contribution in [-0.4, -0.2) is 52.1 Å². The summed E-state index contributed by atoms with van der Waals surface area (Å²) >= 11 is 0. The van der Waals surface area contributed by atoms with Crippen molar-refractivity contribution in [3.8, 4) is 11.6 Å². The summed E-state index contributed by atoms with van der Waals surface area (Å²) in [6.45, 7) is 11.9. The van der Waals surface area contributed by atoms with Gasteiger partial charge in [0, 0.05) is 19.0 Å². The van der Waals surface area contributed by atoms with Gasteiger partial charge in [-0.15, -0.1) is 0 Å². The highest BCUT2D eigenvalue weighted by Gasteiger charge is 2.26. The van der Waals surface area contributed by atoms with Crippen LogP contribution >= 0.6 is 0 Å².